The summed E-state index contributed by atoms with van der Waals surface area (Å²) in [6.07, 6.45) is 13.8. The molecule has 117 heavy (non-hydrogen) atoms. The van der Waals surface area contributed by atoms with E-state index in [0.717, 1.165) is 103 Å². The smallest absolute Gasteiger partial charge is 0.257 e. The molecule has 10 aromatic rings. The topological polar surface area (TPSA) is 308 Å². The number of benzene rings is 6. The molecule has 1 saturated heterocycles. The van der Waals surface area contributed by atoms with Gasteiger partial charge in [0.15, 0.2) is 11.5 Å². The summed E-state index contributed by atoms with van der Waals surface area (Å²) in [7, 11) is 8.57. The van der Waals surface area contributed by atoms with E-state index in [1.807, 2.05) is 114 Å². The van der Waals surface area contributed by atoms with Gasteiger partial charge in [-0.3, -0.25) is 19.2 Å². The molecule has 0 aliphatic carbocycles. The number of hydrogen-bond donors (Lipinski definition) is 4. The Morgan fingerprint density at radius 1 is 0.581 bits per heavy atom. The Morgan fingerprint density at radius 3 is 1.79 bits per heavy atom. The highest BCUT2D eigenvalue weighted by atomic mass is 19.1. The molecule has 5 heterocycles. The van der Waals surface area contributed by atoms with E-state index in [9.17, 15) is 23.6 Å². The van der Waals surface area contributed by atoms with Crippen LogP contribution in [0.5, 0.6) is 11.5 Å². The van der Waals surface area contributed by atoms with Crippen LogP contribution in [0, 0.1) is 42.3 Å². The van der Waals surface area contributed by atoms with E-state index in [1.165, 1.54) is 6.07 Å². The fraction of sp³-hybridized carbons (Fsp3) is 0.363. The van der Waals surface area contributed by atoms with Crippen LogP contribution in [0.3, 0.4) is 0 Å². The highest BCUT2D eigenvalue weighted by molar-refractivity contribution is 6.02. The molecule has 0 saturated carbocycles. The third kappa shape index (κ3) is 25.8. The number of anilines is 4. The standard InChI is InChI=1S/C27H31N5O3.C25H27FN4O.C20H28N4O2.C19H23N5O.2H2/c1-6-18(2)30-26(33)22-17-29-27(31-25(22)21-10-7-20(16-28)8-11-21)32(3)14-13-19-9-12-23(34-4)24(15-19)35-5;1-3-29(17-19-10-8-9-18(2)15-19)24(31)21-16-27-25(30-13-6-7-14-30)28-23(21)20-11-4-5-12-22(20)26;1-4-5-10-21-19(25)17-14-23-20(22-11-7-12-26-3)24-18(17)16-9-6-8-15(2)13-16;1-5-13(3)22-19-21-12-16(18(25)24(4)6-2)17(23-19)15-9-7-14(11-20)8-10-15;;/h7-12,15,17-18H,6,13-14H2,1-5H3,(H,30,33);4-5,8-12,15-16H,3,6-7,13-14,17H2,1-2H3;6,8-9,13-14H,4-5,7,10-12H2,1-3H3,(H,21,25)(H,22,23,24);7-10,12-13H,5-6H2,1-4H3,(H,21,22,23);2*1H. The van der Waals surface area contributed by atoms with Crippen LogP contribution in [0.1, 0.15) is 171 Å². The van der Waals surface area contributed by atoms with Gasteiger partial charge in [0, 0.05) is 142 Å². The van der Waals surface area contributed by atoms with E-state index < -0.39 is 5.82 Å². The third-order valence-electron chi connectivity index (χ3n) is 19.5. The summed E-state index contributed by atoms with van der Waals surface area (Å²) >= 11 is 0. The molecule has 1 aliphatic heterocycles. The van der Waals surface area contributed by atoms with Crippen LogP contribution in [0.2, 0.25) is 0 Å². The number of nitriles is 2. The minimum Gasteiger partial charge on any atom is -0.493 e. The number of carbonyl (C=O) groups is 4. The summed E-state index contributed by atoms with van der Waals surface area (Å²) in [5.41, 5.74) is 12.0. The predicted molar refractivity (Wildman–Crippen MR) is 463 cm³/mol. The van der Waals surface area contributed by atoms with Gasteiger partial charge in [0.1, 0.15) is 5.82 Å². The normalized spacial score (nSPS) is 11.8. The first kappa shape index (κ1) is 89.7. The van der Waals surface area contributed by atoms with Gasteiger partial charge in [-0.05, 0) is 152 Å². The fourth-order valence-electron chi connectivity index (χ4n) is 12.2. The highest BCUT2D eigenvalue weighted by Crippen LogP contribution is 2.32. The van der Waals surface area contributed by atoms with Gasteiger partial charge in [0.05, 0.1) is 82.5 Å². The van der Waals surface area contributed by atoms with E-state index in [-0.39, 0.29) is 38.6 Å². The highest BCUT2D eigenvalue weighted by Gasteiger charge is 2.27. The Labute approximate surface area is 690 Å². The van der Waals surface area contributed by atoms with Crippen LogP contribution in [0.15, 0.2) is 164 Å². The lowest BCUT2D eigenvalue weighted by Gasteiger charge is -2.23. The molecule has 4 amide bonds. The number of halogens is 1. The summed E-state index contributed by atoms with van der Waals surface area (Å²) in [4.78, 5) is 95.3. The molecule has 4 N–H and O–H groups in total. The Kier molecular flexibility index (Phi) is 35.2. The van der Waals surface area contributed by atoms with Gasteiger partial charge in [0.2, 0.25) is 23.8 Å². The number of aromatic nitrogens is 8. The maximum Gasteiger partial charge on any atom is 0.257 e. The average molecular weight is 1590 g/mol. The Bertz CT molecular complexity index is 5030. The fourth-order valence-corrected chi connectivity index (χ4v) is 12.2. The molecular formula is C91H113FN18O7. The van der Waals surface area contributed by atoms with Crippen LogP contribution >= 0.6 is 0 Å². The molecule has 2 unspecified atom stereocenters. The average Bonchev–Trinajstić information content (AvgIpc) is 1.66. The number of methoxy groups -OCH3 is 3. The summed E-state index contributed by atoms with van der Waals surface area (Å²) in [5.74, 6) is 2.34. The monoisotopic (exact) mass is 1590 g/mol. The molecule has 616 valence electrons. The van der Waals surface area contributed by atoms with E-state index in [1.54, 1.807) is 130 Å². The van der Waals surface area contributed by atoms with Gasteiger partial charge >= 0.3 is 0 Å². The zero-order chi connectivity index (χ0) is 84.3. The number of amides is 4. The largest absolute Gasteiger partial charge is 0.493 e. The molecule has 1 aliphatic rings. The maximum atomic E-state index is 14.7. The molecule has 1 fully saturated rings. The molecular weight excluding hydrogens is 1480 g/mol. The van der Waals surface area contributed by atoms with Gasteiger partial charge in [-0.15, -0.1) is 0 Å². The summed E-state index contributed by atoms with van der Waals surface area (Å²) in [5, 5.41) is 30.5. The first-order valence-electron chi connectivity index (χ1n) is 39.8. The lowest BCUT2D eigenvalue weighted by atomic mass is 10.0. The summed E-state index contributed by atoms with van der Waals surface area (Å²) in [6, 6.07) is 46.9. The number of rotatable bonds is 32. The van der Waals surface area contributed by atoms with Crippen molar-refractivity contribution in [3.05, 3.63) is 226 Å². The molecule has 4 aromatic heterocycles. The van der Waals surface area contributed by atoms with E-state index in [2.05, 4.69) is 100 Å². The van der Waals surface area contributed by atoms with Crippen LogP contribution in [0.25, 0.3) is 45.0 Å². The summed E-state index contributed by atoms with van der Waals surface area (Å²) < 4.78 is 30.5. The number of likely N-dealkylation sites (N-methyl/N-ethyl adjacent to an activating group) is 1. The van der Waals surface area contributed by atoms with Crippen LogP contribution < -0.4 is 40.5 Å². The molecule has 2 atom stereocenters. The van der Waals surface area contributed by atoms with Crippen molar-refractivity contribution < 1.29 is 40.6 Å². The van der Waals surface area contributed by atoms with E-state index >= 15 is 0 Å². The lowest BCUT2D eigenvalue weighted by Crippen LogP contribution is -2.33. The van der Waals surface area contributed by atoms with Crippen molar-refractivity contribution >= 4 is 47.4 Å². The second-order valence-electron chi connectivity index (χ2n) is 28.3. The zero-order valence-electron chi connectivity index (χ0n) is 69.8. The lowest BCUT2D eigenvalue weighted by molar-refractivity contribution is 0.0751. The van der Waals surface area contributed by atoms with Gasteiger partial charge in [-0.25, -0.2) is 44.3 Å². The van der Waals surface area contributed by atoms with Crippen molar-refractivity contribution in [2.75, 3.05) is 108 Å². The minimum absolute atomic E-state index is 0. The van der Waals surface area contributed by atoms with Gasteiger partial charge < -0.3 is 55.1 Å². The van der Waals surface area contributed by atoms with Gasteiger partial charge in [0.25, 0.3) is 23.6 Å². The van der Waals surface area contributed by atoms with Crippen LogP contribution in [0.4, 0.5) is 28.2 Å². The number of nitrogens with zero attached hydrogens (tertiary/aromatic N) is 14. The molecule has 0 radical (unpaired) electrons. The Morgan fingerprint density at radius 2 is 1.18 bits per heavy atom. The Hall–Kier alpha value is -12.8. The molecule has 0 bridgehead atoms. The van der Waals surface area contributed by atoms with Crippen molar-refractivity contribution in [3.63, 3.8) is 0 Å². The quantitative estimate of drug-likeness (QED) is 0.0285. The second kappa shape index (κ2) is 45.9. The second-order valence-corrected chi connectivity index (χ2v) is 28.3. The van der Waals surface area contributed by atoms with E-state index in [4.69, 9.17) is 29.7 Å². The van der Waals surface area contributed by atoms with E-state index in [0.29, 0.717) is 143 Å². The first-order chi connectivity index (χ1) is 56.6. The van der Waals surface area contributed by atoms with Crippen molar-refractivity contribution in [2.24, 2.45) is 0 Å². The number of aryl methyl sites for hydroxylation is 2. The number of hydrogen-bond acceptors (Lipinski definition) is 21. The number of unbranched alkanes of at least 4 members (excludes halogenated alkanes) is 1. The van der Waals surface area contributed by atoms with Crippen LogP contribution in [-0.4, -0.2) is 173 Å². The molecule has 25 nitrogen and oxygen atoms in total. The van der Waals surface area contributed by atoms with Crippen molar-refractivity contribution in [1.82, 2.24) is 60.3 Å². The molecule has 0 spiro atoms. The zero-order valence-corrected chi connectivity index (χ0v) is 69.8. The number of nitrogens with one attached hydrogen (secondary N) is 4. The maximum absolute atomic E-state index is 14.7. The molecule has 11 rings (SSSR count). The minimum atomic E-state index is -0.399. The van der Waals surface area contributed by atoms with Gasteiger partial charge in [-0.2, -0.15) is 10.5 Å². The predicted octanol–water partition coefficient (Wildman–Crippen LogP) is 16.3. The van der Waals surface area contributed by atoms with Crippen molar-refractivity contribution in [3.8, 4) is 68.7 Å². The SMILES string of the molecule is CCC(C)NC(=O)c1cnc(N(C)CCc2ccc(OC)c(OC)c2)nc1-c1ccc(C#N)cc1.CCC(C)Nc1ncc(C(=O)N(C)CC)c(-c2ccc(C#N)cc2)n1.CCCCNC(=O)c1cnc(NCCCOC)nc1-c1cccc(C)c1.CCN(Cc1cccc(C)c1)C(=O)c1cnc(N2CCCC2)nc1-c1ccccc1F.[HH].[HH]. The number of ether oxygens (including phenoxy) is 3. The van der Waals surface area contributed by atoms with Crippen LogP contribution in [-0.2, 0) is 17.7 Å². The van der Waals surface area contributed by atoms with Crippen molar-refractivity contribution in [2.45, 2.75) is 132 Å². The number of carbonyl (C=O) groups excluding carboxylic acids is 4. The molecule has 6 aromatic carbocycles. The van der Waals surface area contributed by atoms with Gasteiger partial charge in [-0.1, -0.05) is 123 Å². The molecule has 26 heteroatoms. The Balaban J connectivity index is 0.000000247. The first-order valence-corrected chi connectivity index (χ1v) is 39.8. The van der Waals surface area contributed by atoms with Crippen molar-refractivity contribution in [1.29, 1.82) is 10.5 Å². The third-order valence-corrected chi connectivity index (χ3v) is 19.5. The summed E-state index contributed by atoms with van der Waals surface area (Å²) in [6.45, 7) is 24.1.